The number of carbonyl (C=O) groups is 3. The number of hydrogen-bond donors (Lipinski definition) is 1. The summed E-state index contributed by atoms with van der Waals surface area (Å²) < 4.78 is 13.8. The minimum atomic E-state index is -0.926. The molecule has 0 spiro atoms. The largest absolute Gasteiger partial charge is 0.340 e. The minimum absolute atomic E-state index is 0.0477. The molecule has 0 radical (unpaired) electrons. The predicted molar refractivity (Wildman–Crippen MR) is 89.3 cm³/mol. The van der Waals surface area contributed by atoms with Gasteiger partial charge >= 0.3 is 6.03 Å². The number of benzene rings is 1. The third-order valence-electron chi connectivity index (χ3n) is 4.87. The molecule has 134 valence electrons. The molecule has 1 aromatic carbocycles. The van der Waals surface area contributed by atoms with Gasteiger partial charge in [0.25, 0.3) is 5.91 Å². The van der Waals surface area contributed by atoms with Crippen LogP contribution in [0.2, 0.25) is 5.02 Å². The molecule has 1 aromatic rings. The van der Waals surface area contributed by atoms with Gasteiger partial charge < -0.3 is 10.2 Å². The molecular weight excluding hydrogens is 349 g/mol. The van der Waals surface area contributed by atoms with E-state index in [0.29, 0.717) is 0 Å². The number of hydrogen-bond acceptors (Lipinski definition) is 3. The third kappa shape index (κ3) is 3.20. The van der Waals surface area contributed by atoms with Crippen LogP contribution in [0.25, 0.3) is 0 Å². The van der Waals surface area contributed by atoms with E-state index in [1.807, 2.05) is 0 Å². The molecule has 4 amide bonds. The Bertz CT molecular complexity index is 732. The van der Waals surface area contributed by atoms with Crippen LogP contribution in [0.1, 0.15) is 25.3 Å². The SMILES string of the molecule is CN(Cc1c(F)cccc1Cl)C(=O)CN1C(=O)N[C@](C)(C2CC2)C1=O. The van der Waals surface area contributed by atoms with Gasteiger partial charge in [-0.15, -0.1) is 0 Å². The van der Waals surface area contributed by atoms with Crippen molar-refractivity contribution in [2.24, 2.45) is 5.92 Å². The fourth-order valence-corrected chi connectivity index (χ4v) is 3.28. The van der Waals surface area contributed by atoms with E-state index in [4.69, 9.17) is 11.6 Å². The van der Waals surface area contributed by atoms with Crippen molar-refractivity contribution in [3.8, 4) is 0 Å². The Morgan fingerprint density at radius 2 is 2.12 bits per heavy atom. The van der Waals surface area contributed by atoms with Crippen LogP contribution in [-0.2, 0) is 16.1 Å². The Hall–Kier alpha value is -2.15. The van der Waals surface area contributed by atoms with Gasteiger partial charge in [-0.1, -0.05) is 17.7 Å². The highest BCUT2D eigenvalue weighted by Gasteiger charge is 2.56. The highest BCUT2D eigenvalue weighted by atomic mass is 35.5. The van der Waals surface area contributed by atoms with E-state index < -0.39 is 23.3 Å². The summed E-state index contributed by atoms with van der Waals surface area (Å²) in [7, 11) is 1.48. The smallest absolute Gasteiger partial charge is 0.325 e. The van der Waals surface area contributed by atoms with Gasteiger partial charge in [-0.25, -0.2) is 9.18 Å². The lowest BCUT2D eigenvalue weighted by atomic mass is 9.96. The molecule has 2 fully saturated rings. The van der Waals surface area contributed by atoms with Crippen molar-refractivity contribution >= 4 is 29.4 Å². The van der Waals surface area contributed by atoms with Crippen LogP contribution < -0.4 is 5.32 Å². The van der Waals surface area contributed by atoms with E-state index in [-0.39, 0.29) is 35.5 Å². The van der Waals surface area contributed by atoms with Crippen molar-refractivity contribution in [3.05, 3.63) is 34.6 Å². The summed E-state index contributed by atoms with van der Waals surface area (Å²) in [6.07, 6.45) is 1.77. The summed E-state index contributed by atoms with van der Waals surface area (Å²) in [6, 6.07) is 3.72. The summed E-state index contributed by atoms with van der Waals surface area (Å²) in [5.74, 6) is -1.24. The fraction of sp³-hybridized carbons (Fsp3) is 0.471. The Morgan fingerprint density at radius 1 is 1.44 bits per heavy atom. The zero-order chi connectivity index (χ0) is 18.4. The van der Waals surface area contributed by atoms with Crippen molar-refractivity contribution in [2.45, 2.75) is 31.8 Å². The van der Waals surface area contributed by atoms with E-state index in [1.165, 1.54) is 30.1 Å². The topological polar surface area (TPSA) is 69.7 Å². The average molecular weight is 368 g/mol. The standard InChI is InChI=1S/C17H19ClFN3O3/c1-17(10-6-7-10)15(24)22(16(25)20-17)9-14(23)21(2)8-11-12(18)4-3-5-13(11)19/h3-5,10H,6-9H2,1-2H3,(H,20,25)/t17-/m1/s1. The maximum atomic E-state index is 13.8. The first-order chi connectivity index (χ1) is 11.7. The van der Waals surface area contributed by atoms with Gasteiger partial charge in [0, 0.05) is 24.2 Å². The molecular formula is C17H19ClFN3O3. The second-order valence-corrected chi connectivity index (χ2v) is 7.16. The molecule has 0 bridgehead atoms. The van der Waals surface area contributed by atoms with Gasteiger partial charge in [-0.2, -0.15) is 0 Å². The number of nitrogens with zero attached hydrogens (tertiary/aromatic N) is 2. The van der Waals surface area contributed by atoms with Crippen LogP contribution >= 0.6 is 11.6 Å². The van der Waals surface area contributed by atoms with Gasteiger partial charge in [0.2, 0.25) is 5.91 Å². The Kier molecular flexibility index (Phi) is 4.45. The number of imide groups is 1. The van der Waals surface area contributed by atoms with Gasteiger partial charge in [-0.05, 0) is 37.8 Å². The molecule has 1 atom stereocenters. The zero-order valence-corrected chi connectivity index (χ0v) is 14.8. The molecule has 1 saturated heterocycles. The number of carbonyl (C=O) groups excluding carboxylic acids is 3. The first-order valence-electron chi connectivity index (χ1n) is 8.05. The number of nitrogens with one attached hydrogen (secondary N) is 1. The number of halogens is 2. The third-order valence-corrected chi connectivity index (χ3v) is 5.23. The Morgan fingerprint density at radius 3 is 2.72 bits per heavy atom. The van der Waals surface area contributed by atoms with Crippen molar-refractivity contribution < 1.29 is 18.8 Å². The van der Waals surface area contributed by atoms with Gasteiger partial charge in [0.15, 0.2) is 0 Å². The van der Waals surface area contributed by atoms with Crippen LogP contribution in [0.3, 0.4) is 0 Å². The zero-order valence-electron chi connectivity index (χ0n) is 14.0. The average Bonchev–Trinajstić information content (AvgIpc) is 3.37. The molecule has 1 aliphatic heterocycles. The van der Waals surface area contributed by atoms with E-state index in [0.717, 1.165) is 17.7 Å². The quantitative estimate of drug-likeness (QED) is 0.811. The van der Waals surface area contributed by atoms with Gasteiger partial charge in [-0.3, -0.25) is 14.5 Å². The fourth-order valence-electron chi connectivity index (χ4n) is 3.06. The van der Waals surface area contributed by atoms with Crippen molar-refractivity contribution in [1.29, 1.82) is 0 Å². The second kappa shape index (κ2) is 6.29. The van der Waals surface area contributed by atoms with Gasteiger partial charge in [0.05, 0.1) is 0 Å². The van der Waals surface area contributed by atoms with Crippen LogP contribution in [0.15, 0.2) is 18.2 Å². The molecule has 0 unspecified atom stereocenters. The summed E-state index contributed by atoms with van der Waals surface area (Å²) >= 11 is 5.97. The van der Waals surface area contributed by atoms with E-state index in [1.54, 1.807) is 6.92 Å². The summed E-state index contributed by atoms with van der Waals surface area (Å²) in [5.41, 5.74) is -0.731. The van der Waals surface area contributed by atoms with Crippen molar-refractivity contribution in [1.82, 2.24) is 15.1 Å². The molecule has 1 N–H and O–H groups in total. The molecule has 3 rings (SSSR count). The molecule has 25 heavy (non-hydrogen) atoms. The highest BCUT2D eigenvalue weighted by Crippen LogP contribution is 2.42. The van der Waals surface area contributed by atoms with Crippen molar-refractivity contribution in [3.63, 3.8) is 0 Å². The van der Waals surface area contributed by atoms with Gasteiger partial charge in [0.1, 0.15) is 17.9 Å². The first kappa shape index (κ1) is 17.7. The molecule has 1 aliphatic carbocycles. The van der Waals surface area contributed by atoms with E-state index in [2.05, 4.69) is 5.32 Å². The predicted octanol–water partition coefficient (Wildman–Crippen LogP) is 2.16. The Balaban J connectivity index is 1.67. The number of amides is 4. The molecule has 1 saturated carbocycles. The molecule has 6 nitrogen and oxygen atoms in total. The number of urea groups is 1. The van der Waals surface area contributed by atoms with Crippen LogP contribution in [0.5, 0.6) is 0 Å². The Labute approximate surface area is 149 Å². The molecule has 1 heterocycles. The normalized spacial score (nSPS) is 23.0. The molecule has 2 aliphatic rings. The second-order valence-electron chi connectivity index (χ2n) is 6.75. The van der Waals surface area contributed by atoms with Crippen LogP contribution in [0, 0.1) is 11.7 Å². The number of likely N-dealkylation sites (N-methyl/N-ethyl adjacent to an activating group) is 1. The number of rotatable bonds is 5. The minimum Gasteiger partial charge on any atom is -0.340 e. The summed E-state index contributed by atoms with van der Waals surface area (Å²) in [4.78, 5) is 39.2. The maximum absolute atomic E-state index is 13.8. The summed E-state index contributed by atoms with van der Waals surface area (Å²) in [5, 5.41) is 2.91. The monoisotopic (exact) mass is 367 g/mol. The highest BCUT2D eigenvalue weighted by molar-refractivity contribution is 6.31. The maximum Gasteiger partial charge on any atom is 0.325 e. The van der Waals surface area contributed by atoms with Crippen LogP contribution in [-0.4, -0.2) is 46.8 Å². The lowest BCUT2D eigenvalue weighted by molar-refractivity contribution is -0.138. The van der Waals surface area contributed by atoms with E-state index >= 15 is 0 Å². The van der Waals surface area contributed by atoms with E-state index in [9.17, 15) is 18.8 Å². The van der Waals surface area contributed by atoms with Crippen LogP contribution in [0.4, 0.5) is 9.18 Å². The summed E-state index contributed by atoms with van der Waals surface area (Å²) in [6.45, 7) is 1.27. The lowest BCUT2D eigenvalue weighted by Gasteiger charge is -2.23. The first-order valence-corrected chi connectivity index (χ1v) is 8.43. The molecule has 0 aromatic heterocycles. The lowest BCUT2D eigenvalue weighted by Crippen LogP contribution is -2.47. The van der Waals surface area contributed by atoms with Crippen molar-refractivity contribution in [2.75, 3.05) is 13.6 Å². The molecule has 8 heteroatoms.